The van der Waals surface area contributed by atoms with Crippen LogP contribution in [0.25, 0.3) is 0 Å². The monoisotopic (exact) mass is 325 g/mol. The number of amides is 1. The maximum Gasteiger partial charge on any atom is 0.261 e. The van der Waals surface area contributed by atoms with E-state index in [1.165, 1.54) is 5.56 Å². The standard InChI is InChI=1S/C21H27NO2/c1-15(17-11-13-18(14-12-17)21(3,4)5)22-20(23)16(2)24-19-9-7-6-8-10-19/h6-16H,1-5H3,(H,22,23)/t15-,16-/m0/s1. The van der Waals surface area contributed by atoms with Gasteiger partial charge in [-0.3, -0.25) is 4.79 Å². The highest BCUT2D eigenvalue weighted by Crippen LogP contribution is 2.24. The lowest BCUT2D eigenvalue weighted by Gasteiger charge is -2.22. The van der Waals surface area contributed by atoms with Crippen LogP contribution in [0.15, 0.2) is 54.6 Å². The van der Waals surface area contributed by atoms with Gasteiger partial charge in [0.15, 0.2) is 6.10 Å². The van der Waals surface area contributed by atoms with Crippen LogP contribution in [-0.2, 0) is 10.2 Å². The second-order valence-electron chi connectivity index (χ2n) is 7.18. The number of ether oxygens (including phenoxy) is 1. The largest absolute Gasteiger partial charge is 0.481 e. The molecule has 0 heterocycles. The molecule has 0 saturated heterocycles. The van der Waals surface area contributed by atoms with Gasteiger partial charge >= 0.3 is 0 Å². The van der Waals surface area contributed by atoms with Gasteiger partial charge in [0, 0.05) is 0 Å². The summed E-state index contributed by atoms with van der Waals surface area (Å²) < 4.78 is 5.66. The van der Waals surface area contributed by atoms with Gasteiger partial charge in [-0.25, -0.2) is 0 Å². The van der Waals surface area contributed by atoms with Crippen LogP contribution in [0, 0.1) is 0 Å². The first-order valence-electron chi connectivity index (χ1n) is 8.40. The highest BCUT2D eigenvalue weighted by atomic mass is 16.5. The zero-order valence-electron chi connectivity index (χ0n) is 15.2. The van der Waals surface area contributed by atoms with Crippen molar-refractivity contribution in [3.8, 4) is 5.75 Å². The molecule has 2 aromatic carbocycles. The Morgan fingerprint density at radius 1 is 0.958 bits per heavy atom. The van der Waals surface area contributed by atoms with Crippen LogP contribution in [0.4, 0.5) is 0 Å². The van der Waals surface area contributed by atoms with E-state index in [4.69, 9.17) is 4.74 Å². The minimum atomic E-state index is -0.538. The minimum absolute atomic E-state index is 0.0617. The fourth-order valence-corrected chi connectivity index (χ4v) is 2.44. The Morgan fingerprint density at radius 2 is 1.54 bits per heavy atom. The van der Waals surface area contributed by atoms with Gasteiger partial charge in [-0.05, 0) is 42.5 Å². The Labute approximate surface area is 145 Å². The van der Waals surface area contributed by atoms with E-state index >= 15 is 0 Å². The molecule has 1 amide bonds. The van der Waals surface area contributed by atoms with E-state index in [-0.39, 0.29) is 17.4 Å². The Morgan fingerprint density at radius 3 is 2.08 bits per heavy atom. The van der Waals surface area contributed by atoms with Crippen LogP contribution in [0.5, 0.6) is 5.75 Å². The van der Waals surface area contributed by atoms with Crippen molar-refractivity contribution >= 4 is 5.91 Å². The maximum atomic E-state index is 12.3. The number of carbonyl (C=O) groups is 1. The van der Waals surface area contributed by atoms with Gasteiger partial charge in [0.05, 0.1) is 6.04 Å². The van der Waals surface area contributed by atoms with E-state index in [2.05, 4.69) is 50.4 Å². The van der Waals surface area contributed by atoms with Gasteiger partial charge in [0.25, 0.3) is 5.91 Å². The van der Waals surface area contributed by atoms with Gasteiger partial charge in [0.2, 0.25) is 0 Å². The molecule has 2 atom stereocenters. The molecule has 3 nitrogen and oxygen atoms in total. The Bertz CT molecular complexity index is 656. The molecule has 0 aromatic heterocycles. The summed E-state index contributed by atoms with van der Waals surface area (Å²) in [6.07, 6.45) is -0.538. The van der Waals surface area contributed by atoms with Gasteiger partial charge in [0.1, 0.15) is 5.75 Å². The van der Waals surface area contributed by atoms with Crippen molar-refractivity contribution in [1.29, 1.82) is 0 Å². The van der Waals surface area contributed by atoms with Gasteiger partial charge in [-0.2, -0.15) is 0 Å². The first kappa shape index (κ1) is 18.1. The number of carbonyl (C=O) groups excluding carboxylic acids is 1. The number of hydrogen-bond donors (Lipinski definition) is 1. The number of para-hydroxylation sites is 1. The molecule has 0 aliphatic rings. The Hall–Kier alpha value is -2.29. The van der Waals surface area contributed by atoms with Crippen molar-refractivity contribution in [2.45, 2.75) is 52.2 Å². The summed E-state index contributed by atoms with van der Waals surface area (Å²) in [5, 5.41) is 3.01. The second-order valence-corrected chi connectivity index (χ2v) is 7.18. The summed E-state index contributed by atoms with van der Waals surface area (Å²) in [5.41, 5.74) is 2.50. The van der Waals surface area contributed by atoms with Crippen LogP contribution in [-0.4, -0.2) is 12.0 Å². The molecular formula is C21H27NO2. The van der Waals surface area contributed by atoms with E-state index in [1.54, 1.807) is 6.92 Å². The summed E-state index contributed by atoms with van der Waals surface area (Å²) in [5.74, 6) is 0.577. The summed E-state index contributed by atoms with van der Waals surface area (Å²) in [6, 6.07) is 17.7. The zero-order chi connectivity index (χ0) is 17.7. The molecule has 1 N–H and O–H groups in total. The predicted octanol–water partition coefficient (Wildman–Crippen LogP) is 4.63. The van der Waals surface area contributed by atoms with Crippen LogP contribution < -0.4 is 10.1 Å². The van der Waals surface area contributed by atoms with E-state index < -0.39 is 6.10 Å². The molecule has 0 unspecified atom stereocenters. The van der Waals surface area contributed by atoms with Gasteiger partial charge < -0.3 is 10.1 Å². The third-order valence-corrected chi connectivity index (χ3v) is 4.06. The predicted molar refractivity (Wildman–Crippen MR) is 98.2 cm³/mol. The van der Waals surface area contributed by atoms with Crippen LogP contribution in [0.3, 0.4) is 0 Å². The van der Waals surface area contributed by atoms with Crippen molar-refractivity contribution in [2.75, 3.05) is 0 Å². The molecule has 2 rings (SSSR count). The molecule has 3 heteroatoms. The number of benzene rings is 2. The second kappa shape index (κ2) is 7.52. The molecule has 0 bridgehead atoms. The molecule has 0 spiro atoms. The fourth-order valence-electron chi connectivity index (χ4n) is 2.44. The van der Waals surface area contributed by atoms with Crippen LogP contribution in [0.2, 0.25) is 0 Å². The van der Waals surface area contributed by atoms with Crippen molar-refractivity contribution in [3.05, 3.63) is 65.7 Å². The van der Waals surface area contributed by atoms with Crippen molar-refractivity contribution < 1.29 is 9.53 Å². The smallest absolute Gasteiger partial charge is 0.261 e. The third-order valence-electron chi connectivity index (χ3n) is 4.06. The Balaban J connectivity index is 1.95. The van der Waals surface area contributed by atoms with Gasteiger partial charge in [-0.15, -0.1) is 0 Å². The maximum absolute atomic E-state index is 12.3. The van der Waals surface area contributed by atoms with E-state index in [0.29, 0.717) is 5.75 Å². The SMILES string of the molecule is C[C@H](Oc1ccccc1)C(=O)N[C@@H](C)c1ccc(C(C)(C)C)cc1. The molecule has 0 aliphatic heterocycles. The molecule has 2 aromatic rings. The van der Waals surface area contributed by atoms with Crippen molar-refractivity contribution in [2.24, 2.45) is 0 Å². The first-order valence-corrected chi connectivity index (χ1v) is 8.40. The third kappa shape index (κ3) is 4.85. The first-order chi connectivity index (χ1) is 11.3. The number of nitrogens with one attached hydrogen (secondary N) is 1. The van der Waals surface area contributed by atoms with Crippen molar-refractivity contribution in [1.82, 2.24) is 5.32 Å². The van der Waals surface area contributed by atoms with E-state index in [9.17, 15) is 4.79 Å². The molecule has 24 heavy (non-hydrogen) atoms. The molecular weight excluding hydrogens is 298 g/mol. The zero-order valence-corrected chi connectivity index (χ0v) is 15.2. The lowest BCUT2D eigenvalue weighted by molar-refractivity contribution is -0.127. The summed E-state index contributed by atoms with van der Waals surface area (Å²) >= 11 is 0. The average Bonchev–Trinajstić information content (AvgIpc) is 2.55. The van der Waals surface area contributed by atoms with Crippen LogP contribution in [0.1, 0.15) is 51.8 Å². The average molecular weight is 325 g/mol. The topological polar surface area (TPSA) is 38.3 Å². The number of rotatable bonds is 5. The summed E-state index contributed by atoms with van der Waals surface area (Å²) in [4.78, 5) is 12.3. The molecule has 0 saturated carbocycles. The van der Waals surface area contributed by atoms with E-state index in [1.807, 2.05) is 37.3 Å². The molecule has 0 aliphatic carbocycles. The lowest BCUT2D eigenvalue weighted by atomic mass is 9.86. The number of hydrogen-bond acceptors (Lipinski definition) is 2. The molecule has 0 radical (unpaired) electrons. The van der Waals surface area contributed by atoms with Crippen LogP contribution >= 0.6 is 0 Å². The quantitative estimate of drug-likeness (QED) is 0.870. The minimum Gasteiger partial charge on any atom is -0.481 e. The Kier molecular flexibility index (Phi) is 5.66. The van der Waals surface area contributed by atoms with E-state index in [0.717, 1.165) is 5.56 Å². The summed E-state index contributed by atoms with van der Waals surface area (Å²) in [6.45, 7) is 10.3. The highest BCUT2D eigenvalue weighted by Gasteiger charge is 2.18. The summed E-state index contributed by atoms with van der Waals surface area (Å²) in [7, 11) is 0. The van der Waals surface area contributed by atoms with Gasteiger partial charge in [-0.1, -0.05) is 63.2 Å². The molecule has 128 valence electrons. The van der Waals surface area contributed by atoms with Crippen molar-refractivity contribution in [3.63, 3.8) is 0 Å². The highest BCUT2D eigenvalue weighted by molar-refractivity contribution is 5.81. The fraction of sp³-hybridized carbons (Fsp3) is 0.381. The normalized spacial score (nSPS) is 13.9. The lowest BCUT2D eigenvalue weighted by Crippen LogP contribution is -2.37. The molecule has 0 fully saturated rings.